The summed E-state index contributed by atoms with van der Waals surface area (Å²) in [6.07, 6.45) is 5.05. The first kappa shape index (κ1) is 18.4. The Labute approximate surface area is 167 Å². The van der Waals surface area contributed by atoms with Crippen LogP contribution in [0.3, 0.4) is 0 Å². The molecule has 3 aromatic rings. The second-order valence-electron chi connectivity index (χ2n) is 6.95. The molecule has 0 saturated heterocycles. The summed E-state index contributed by atoms with van der Waals surface area (Å²) < 4.78 is 1.69. The Balaban J connectivity index is 1.42. The van der Waals surface area contributed by atoms with Gasteiger partial charge in [-0.1, -0.05) is 12.1 Å². The molecular formula is C20H21N5O2S. The lowest BCUT2D eigenvalue weighted by Crippen LogP contribution is -2.29. The van der Waals surface area contributed by atoms with Gasteiger partial charge in [0.1, 0.15) is 12.7 Å². The van der Waals surface area contributed by atoms with Crippen LogP contribution in [0.25, 0.3) is 5.69 Å². The Morgan fingerprint density at radius 2 is 1.96 bits per heavy atom. The van der Waals surface area contributed by atoms with E-state index in [1.54, 1.807) is 35.1 Å². The second kappa shape index (κ2) is 7.55. The summed E-state index contributed by atoms with van der Waals surface area (Å²) in [5, 5.41) is 7.73. The van der Waals surface area contributed by atoms with Gasteiger partial charge in [0.25, 0.3) is 5.91 Å². The molecule has 28 heavy (non-hydrogen) atoms. The van der Waals surface area contributed by atoms with Crippen molar-refractivity contribution in [2.45, 2.75) is 25.8 Å². The molecule has 8 heteroatoms. The molecular weight excluding hydrogens is 374 g/mol. The van der Waals surface area contributed by atoms with E-state index >= 15 is 0 Å². The molecule has 0 unspecified atom stereocenters. The summed E-state index contributed by atoms with van der Waals surface area (Å²) in [6, 6.07) is 11.4. The predicted molar refractivity (Wildman–Crippen MR) is 108 cm³/mol. The third-order valence-corrected chi connectivity index (χ3v) is 5.96. The van der Waals surface area contributed by atoms with E-state index in [0.717, 1.165) is 29.1 Å². The summed E-state index contributed by atoms with van der Waals surface area (Å²) in [5.41, 5.74) is 1.94. The Morgan fingerprint density at radius 1 is 1.21 bits per heavy atom. The summed E-state index contributed by atoms with van der Waals surface area (Å²) >= 11 is 1.31. The number of hydrogen-bond acceptors (Lipinski definition) is 5. The number of rotatable bonds is 6. The molecule has 1 aliphatic rings. The monoisotopic (exact) mass is 395 g/mol. The van der Waals surface area contributed by atoms with Crippen LogP contribution in [0, 0.1) is 5.92 Å². The zero-order valence-corrected chi connectivity index (χ0v) is 16.5. The van der Waals surface area contributed by atoms with Crippen LogP contribution in [-0.2, 0) is 4.79 Å². The van der Waals surface area contributed by atoms with Crippen molar-refractivity contribution in [2.24, 2.45) is 5.92 Å². The normalized spacial score (nSPS) is 14.5. The van der Waals surface area contributed by atoms with E-state index in [-0.39, 0.29) is 23.8 Å². The van der Waals surface area contributed by atoms with Gasteiger partial charge in [0, 0.05) is 13.0 Å². The molecule has 0 spiro atoms. The highest BCUT2D eigenvalue weighted by atomic mass is 32.1. The fourth-order valence-corrected chi connectivity index (χ4v) is 3.80. The lowest BCUT2D eigenvalue weighted by molar-refractivity contribution is -0.117. The first-order valence-electron chi connectivity index (χ1n) is 9.16. The number of carbonyl (C=O) groups excluding carboxylic acids is 2. The maximum atomic E-state index is 12.9. The van der Waals surface area contributed by atoms with Crippen LogP contribution >= 0.6 is 11.3 Å². The van der Waals surface area contributed by atoms with E-state index in [0.29, 0.717) is 4.88 Å². The van der Waals surface area contributed by atoms with Crippen molar-refractivity contribution in [3.63, 3.8) is 0 Å². The highest BCUT2D eigenvalue weighted by molar-refractivity contribution is 7.18. The van der Waals surface area contributed by atoms with E-state index in [1.165, 1.54) is 17.7 Å². The van der Waals surface area contributed by atoms with Gasteiger partial charge in [0.2, 0.25) is 5.91 Å². The number of nitrogens with zero attached hydrogens (tertiary/aromatic N) is 4. The van der Waals surface area contributed by atoms with Gasteiger partial charge in [-0.25, -0.2) is 9.67 Å². The topological polar surface area (TPSA) is 80.1 Å². The fourth-order valence-electron chi connectivity index (χ4n) is 2.91. The number of amides is 2. The van der Waals surface area contributed by atoms with Gasteiger partial charge in [-0.3, -0.25) is 9.59 Å². The SMILES string of the molecule is C[C@@H](c1ccc(-n2cncn2)cc1)N(C)C(=O)c1ccc(NC(=O)C2CC2)s1. The van der Waals surface area contributed by atoms with E-state index < -0.39 is 0 Å². The van der Waals surface area contributed by atoms with E-state index in [2.05, 4.69) is 15.4 Å². The number of nitrogens with one attached hydrogen (secondary N) is 1. The van der Waals surface area contributed by atoms with Gasteiger partial charge in [0.15, 0.2) is 0 Å². The average molecular weight is 395 g/mol. The van der Waals surface area contributed by atoms with Gasteiger partial charge in [-0.15, -0.1) is 11.3 Å². The summed E-state index contributed by atoms with van der Waals surface area (Å²) in [7, 11) is 1.79. The van der Waals surface area contributed by atoms with Crippen LogP contribution in [-0.4, -0.2) is 38.5 Å². The van der Waals surface area contributed by atoms with Gasteiger partial charge < -0.3 is 10.2 Å². The van der Waals surface area contributed by atoms with Crippen LogP contribution < -0.4 is 5.32 Å². The number of carbonyl (C=O) groups is 2. The largest absolute Gasteiger partial charge is 0.334 e. The number of thiophene rings is 1. The minimum Gasteiger partial charge on any atom is -0.334 e. The van der Waals surface area contributed by atoms with Crippen LogP contribution in [0.2, 0.25) is 0 Å². The molecule has 1 aromatic carbocycles. The van der Waals surface area contributed by atoms with Crippen LogP contribution in [0.5, 0.6) is 0 Å². The van der Waals surface area contributed by atoms with Crippen molar-refractivity contribution in [1.29, 1.82) is 0 Å². The molecule has 1 N–H and O–H groups in total. The van der Waals surface area contributed by atoms with E-state index in [1.807, 2.05) is 31.2 Å². The van der Waals surface area contributed by atoms with Gasteiger partial charge in [-0.2, -0.15) is 5.10 Å². The highest BCUT2D eigenvalue weighted by Gasteiger charge is 2.30. The Kier molecular flexibility index (Phi) is 4.95. The number of aromatic nitrogens is 3. The number of anilines is 1. The van der Waals surface area contributed by atoms with E-state index in [4.69, 9.17) is 0 Å². The lowest BCUT2D eigenvalue weighted by Gasteiger charge is -2.25. The third-order valence-electron chi connectivity index (χ3n) is 4.97. The summed E-state index contributed by atoms with van der Waals surface area (Å²) in [5.74, 6) is 0.129. The van der Waals surface area contributed by atoms with Crippen molar-refractivity contribution in [2.75, 3.05) is 12.4 Å². The summed E-state index contributed by atoms with van der Waals surface area (Å²) in [4.78, 5) is 31.0. The van der Waals surface area contributed by atoms with Gasteiger partial charge >= 0.3 is 0 Å². The van der Waals surface area contributed by atoms with Crippen LogP contribution in [0.1, 0.15) is 41.0 Å². The fraction of sp³-hybridized carbons (Fsp3) is 0.300. The quantitative estimate of drug-likeness (QED) is 0.693. The minimum absolute atomic E-state index is 0.0510. The highest BCUT2D eigenvalue weighted by Crippen LogP contribution is 2.32. The Bertz CT molecular complexity index is 976. The van der Waals surface area contributed by atoms with Gasteiger partial charge in [-0.05, 0) is 49.6 Å². The molecule has 0 aliphatic heterocycles. The van der Waals surface area contributed by atoms with Crippen molar-refractivity contribution in [3.05, 3.63) is 59.5 Å². The predicted octanol–water partition coefficient (Wildman–Crippen LogP) is 3.51. The molecule has 4 rings (SSSR count). The zero-order chi connectivity index (χ0) is 19.7. The van der Waals surface area contributed by atoms with Crippen LogP contribution in [0.15, 0.2) is 49.1 Å². The second-order valence-corrected chi connectivity index (χ2v) is 8.03. The molecule has 144 valence electrons. The van der Waals surface area contributed by atoms with Crippen LogP contribution in [0.4, 0.5) is 5.00 Å². The number of benzene rings is 1. The minimum atomic E-state index is -0.0936. The third kappa shape index (κ3) is 3.82. The summed E-state index contributed by atoms with van der Waals surface area (Å²) in [6.45, 7) is 1.99. The standard InChI is InChI=1S/C20H21N5O2S/c1-13(14-5-7-16(8-6-14)25-12-21-11-22-25)24(2)20(27)17-9-10-18(28-17)23-19(26)15-3-4-15/h5-13,15H,3-4H2,1-2H3,(H,23,26)/t13-/m0/s1. The number of hydrogen-bond donors (Lipinski definition) is 1. The molecule has 2 aromatic heterocycles. The average Bonchev–Trinajstić information content (AvgIpc) is 3.23. The van der Waals surface area contributed by atoms with E-state index in [9.17, 15) is 9.59 Å². The molecule has 2 amide bonds. The molecule has 7 nitrogen and oxygen atoms in total. The first-order chi connectivity index (χ1) is 13.5. The molecule has 2 heterocycles. The Hall–Kier alpha value is -3.00. The Morgan fingerprint density at radius 3 is 2.61 bits per heavy atom. The van der Waals surface area contributed by atoms with Crippen molar-refractivity contribution < 1.29 is 9.59 Å². The maximum Gasteiger partial charge on any atom is 0.264 e. The molecule has 0 bridgehead atoms. The maximum absolute atomic E-state index is 12.9. The lowest BCUT2D eigenvalue weighted by atomic mass is 10.1. The van der Waals surface area contributed by atoms with Crippen molar-refractivity contribution in [1.82, 2.24) is 19.7 Å². The first-order valence-corrected chi connectivity index (χ1v) is 9.97. The zero-order valence-electron chi connectivity index (χ0n) is 15.7. The molecule has 1 saturated carbocycles. The molecule has 1 atom stereocenters. The van der Waals surface area contributed by atoms with Crippen molar-refractivity contribution in [3.8, 4) is 5.69 Å². The smallest absolute Gasteiger partial charge is 0.264 e. The molecule has 1 aliphatic carbocycles. The molecule has 1 fully saturated rings. The van der Waals surface area contributed by atoms with Crippen molar-refractivity contribution >= 4 is 28.2 Å². The van der Waals surface area contributed by atoms with Gasteiger partial charge in [0.05, 0.1) is 21.6 Å². The molecule has 0 radical (unpaired) electrons.